The van der Waals surface area contributed by atoms with Gasteiger partial charge in [-0.15, -0.1) is 11.8 Å². The molecule has 0 aliphatic carbocycles. The second-order valence-corrected chi connectivity index (χ2v) is 6.01. The minimum Gasteiger partial charge on any atom is -0.356 e. The molecule has 0 unspecified atom stereocenters. The van der Waals surface area contributed by atoms with Gasteiger partial charge in [0.2, 0.25) is 0 Å². The Balaban J connectivity index is 1.65. The molecule has 0 fully saturated rings. The standard InChI is InChI=1S/C15H13ClN2OS/c16-11-7-5-10(6-8-11)9-20-15-17-13-4-2-1-3-12(13)14(19)18-15/h1-8,15,17H,9H2,(H,18,19)/t15-/m1/s1. The van der Waals surface area contributed by atoms with Crippen LogP contribution in [0.3, 0.4) is 0 Å². The van der Waals surface area contributed by atoms with Gasteiger partial charge in [-0.3, -0.25) is 4.79 Å². The van der Waals surface area contributed by atoms with E-state index in [-0.39, 0.29) is 11.4 Å². The fourth-order valence-electron chi connectivity index (χ4n) is 2.02. The van der Waals surface area contributed by atoms with E-state index in [2.05, 4.69) is 10.6 Å². The predicted molar refractivity (Wildman–Crippen MR) is 84.1 cm³/mol. The number of carbonyl (C=O) groups excluding carboxylic acids is 1. The molecule has 0 spiro atoms. The molecule has 1 heterocycles. The summed E-state index contributed by atoms with van der Waals surface area (Å²) in [5.41, 5.74) is 2.63. The van der Waals surface area contributed by atoms with Crippen molar-refractivity contribution in [1.29, 1.82) is 0 Å². The van der Waals surface area contributed by atoms with Crippen molar-refractivity contribution in [3.63, 3.8) is 0 Å². The van der Waals surface area contributed by atoms with Crippen molar-refractivity contribution in [2.24, 2.45) is 0 Å². The van der Waals surface area contributed by atoms with Gasteiger partial charge in [0.25, 0.3) is 5.91 Å². The molecule has 1 amide bonds. The summed E-state index contributed by atoms with van der Waals surface area (Å²) in [6.45, 7) is 0. The Morgan fingerprint density at radius 2 is 1.80 bits per heavy atom. The maximum Gasteiger partial charge on any atom is 0.255 e. The van der Waals surface area contributed by atoms with Crippen LogP contribution in [0.2, 0.25) is 5.02 Å². The first-order chi connectivity index (χ1) is 9.72. The van der Waals surface area contributed by atoms with Crippen LogP contribution in [0.1, 0.15) is 15.9 Å². The van der Waals surface area contributed by atoms with E-state index in [1.165, 1.54) is 5.56 Å². The van der Waals surface area contributed by atoms with Gasteiger partial charge < -0.3 is 10.6 Å². The number of carbonyl (C=O) groups is 1. The quantitative estimate of drug-likeness (QED) is 0.908. The lowest BCUT2D eigenvalue weighted by molar-refractivity contribution is 0.0948. The van der Waals surface area contributed by atoms with Gasteiger partial charge >= 0.3 is 0 Å². The lowest BCUT2D eigenvalue weighted by Gasteiger charge is -2.27. The van der Waals surface area contributed by atoms with Crippen LogP contribution >= 0.6 is 23.4 Å². The third-order valence-corrected chi connectivity index (χ3v) is 4.37. The van der Waals surface area contributed by atoms with Crippen LogP contribution in [0.25, 0.3) is 0 Å². The summed E-state index contributed by atoms with van der Waals surface area (Å²) in [7, 11) is 0. The van der Waals surface area contributed by atoms with Crippen LogP contribution in [-0.2, 0) is 5.75 Å². The number of hydrogen-bond donors (Lipinski definition) is 2. The lowest BCUT2D eigenvalue weighted by atomic mass is 10.1. The van der Waals surface area contributed by atoms with E-state index in [4.69, 9.17) is 11.6 Å². The molecule has 5 heteroatoms. The topological polar surface area (TPSA) is 41.1 Å². The minimum absolute atomic E-state index is 0.0343. The van der Waals surface area contributed by atoms with Crippen molar-refractivity contribution in [2.45, 2.75) is 11.3 Å². The first-order valence-corrected chi connectivity index (χ1v) is 7.67. The Morgan fingerprint density at radius 3 is 2.60 bits per heavy atom. The highest BCUT2D eigenvalue weighted by atomic mass is 35.5. The number of anilines is 1. The fraction of sp³-hybridized carbons (Fsp3) is 0.133. The van der Waals surface area contributed by atoms with Gasteiger partial charge in [0, 0.05) is 16.5 Å². The number of thioether (sulfide) groups is 1. The van der Waals surface area contributed by atoms with Crippen molar-refractivity contribution >= 4 is 35.0 Å². The zero-order valence-electron chi connectivity index (χ0n) is 10.6. The van der Waals surface area contributed by atoms with Gasteiger partial charge in [0.05, 0.1) is 5.56 Å². The van der Waals surface area contributed by atoms with E-state index >= 15 is 0 Å². The van der Waals surface area contributed by atoms with Crippen molar-refractivity contribution in [3.05, 3.63) is 64.7 Å². The van der Waals surface area contributed by atoms with Crippen LogP contribution in [0.15, 0.2) is 48.5 Å². The molecule has 0 saturated heterocycles. The Morgan fingerprint density at radius 1 is 1.05 bits per heavy atom. The second-order valence-electron chi connectivity index (χ2n) is 4.48. The predicted octanol–water partition coefficient (Wildman–Crippen LogP) is 3.71. The lowest BCUT2D eigenvalue weighted by Crippen LogP contribution is -2.42. The molecule has 2 aromatic rings. The summed E-state index contributed by atoms with van der Waals surface area (Å²) < 4.78 is 0. The summed E-state index contributed by atoms with van der Waals surface area (Å²) in [5, 5.41) is 6.99. The van der Waals surface area contributed by atoms with Crippen LogP contribution in [-0.4, -0.2) is 11.4 Å². The van der Waals surface area contributed by atoms with E-state index in [9.17, 15) is 4.79 Å². The average Bonchev–Trinajstić information content (AvgIpc) is 2.47. The highest BCUT2D eigenvalue weighted by molar-refractivity contribution is 7.99. The smallest absolute Gasteiger partial charge is 0.255 e. The zero-order valence-corrected chi connectivity index (χ0v) is 12.2. The maximum absolute atomic E-state index is 12.0. The van der Waals surface area contributed by atoms with Gasteiger partial charge in [-0.05, 0) is 29.8 Å². The Labute approximate surface area is 126 Å². The van der Waals surface area contributed by atoms with Crippen LogP contribution in [0.4, 0.5) is 5.69 Å². The molecule has 102 valence electrons. The summed E-state index contributed by atoms with van der Waals surface area (Å²) >= 11 is 7.50. The van der Waals surface area contributed by atoms with Crippen molar-refractivity contribution in [2.75, 3.05) is 5.32 Å². The number of fused-ring (bicyclic) bond motifs is 1. The molecule has 3 rings (SSSR count). The molecule has 20 heavy (non-hydrogen) atoms. The van der Waals surface area contributed by atoms with Gasteiger partial charge in [0.15, 0.2) is 0 Å². The number of nitrogens with one attached hydrogen (secondary N) is 2. The molecule has 2 aromatic carbocycles. The molecule has 3 nitrogen and oxygen atoms in total. The molecule has 0 saturated carbocycles. The maximum atomic E-state index is 12.0. The highest BCUT2D eigenvalue weighted by Crippen LogP contribution is 2.25. The number of amides is 1. The summed E-state index contributed by atoms with van der Waals surface area (Å²) in [6, 6.07) is 15.3. The van der Waals surface area contributed by atoms with Crippen LogP contribution < -0.4 is 10.6 Å². The van der Waals surface area contributed by atoms with E-state index < -0.39 is 0 Å². The molecule has 0 bridgehead atoms. The van der Waals surface area contributed by atoms with Crippen molar-refractivity contribution in [1.82, 2.24) is 5.32 Å². The minimum atomic E-state index is -0.118. The first-order valence-electron chi connectivity index (χ1n) is 6.25. The second kappa shape index (κ2) is 5.77. The largest absolute Gasteiger partial charge is 0.356 e. The summed E-state index contributed by atoms with van der Waals surface area (Å²) in [4.78, 5) is 12.0. The zero-order chi connectivity index (χ0) is 13.9. The third-order valence-electron chi connectivity index (χ3n) is 3.05. The third kappa shape index (κ3) is 2.92. The van der Waals surface area contributed by atoms with Crippen LogP contribution in [0.5, 0.6) is 0 Å². The molecule has 0 aromatic heterocycles. The van der Waals surface area contributed by atoms with Crippen LogP contribution in [0, 0.1) is 0 Å². The van der Waals surface area contributed by atoms with E-state index in [0.29, 0.717) is 5.56 Å². The van der Waals surface area contributed by atoms with E-state index in [1.807, 2.05) is 48.5 Å². The van der Waals surface area contributed by atoms with Gasteiger partial charge in [0.1, 0.15) is 5.50 Å². The van der Waals surface area contributed by atoms with Gasteiger partial charge in [-0.2, -0.15) is 0 Å². The molecule has 1 atom stereocenters. The summed E-state index contributed by atoms with van der Waals surface area (Å²) in [5.74, 6) is 0.769. The fourth-order valence-corrected chi connectivity index (χ4v) is 3.10. The number of hydrogen-bond acceptors (Lipinski definition) is 3. The van der Waals surface area contributed by atoms with E-state index in [0.717, 1.165) is 16.5 Å². The van der Waals surface area contributed by atoms with E-state index in [1.54, 1.807) is 11.8 Å². The number of para-hydroxylation sites is 1. The van der Waals surface area contributed by atoms with Crippen molar-refractivity contribution < 1.29 is 4.79 Å². The first kappa shape index (κ1) is 13.3. The van der Waals surface area contributed by atoms with Gasteiger partial charge in [-0.25, -0.2) is 0 Å². The molecule has 1 aliphatic rings. The highest BCUT2D eigenvalue weighted by Gasteiger charge is 2.22. The van der Waals surface area contributed by atoms with Crippen molar-refractivity contribution in [3.8, 4) is 0 Å². The normalized spacial score (nSPS) is 17.1. The molecule has 2 N–H and O–H groups in total. The molecule has 0 radical (unpaired) electrons. The summed E-state index contributed by atoms with van der Waals surface area (Å²) in [6.07, 6.45) is 0. The Hall–Kier alpha value is -1.65. The number of rotatable bonds is 3. The average molecular weight is 305 g/mol. The molecular formula is C15H13ClN2OS. The van der Waals surface area contributed by atoms with Gasteiger partial charge in [-0.1, -0.05) is 35.9 Å². The monoisotopic (exact) mass is 304 g/mol. The Kier molecular flexibility index (Phi) is 3.85. The molecular weight excluding hydrogens is 292 g/mol. The molecule has 1 aliphatic heterocycles. The Bertz CT molecular complexity index is 630. The number of halogens is 1. The SMILES string of the molecule is O=C1N[C@H](SCc2ccc(Cl)cc2)Nc2ccccc21. The number of benzene rings is 2.